The molecule has 3 N–H and O–H groups in total. The molecule has 208 valence electrons. The Labute approximate surface area is 215 Å². The molecule has 0 aromatic heterocycles. The third-order valence-corrected chi connectivity index (χ3v) is 6.38. The molecule has 0 atom stereocenters. The maximum atomic E-state index is 12.0. The van der Waals surface area contributed by atoms with Gasteiger partial charge in [0.25, 0.3) is 0 Å². The molecule has 0 aliphatic heterocycles. The van der Waals surface area contributed by atoms with Gasteiger partial charge in [-0.3, -0.25) is 14.5 Å². The molecule has 0 aliphatic carbocycles. The number of esters is 1. The van der Waals surface area contributed by atoms with E-state index in [1.54, 1.807) is 4.90 Å². The van der Waals surface area contributed by atoms with E-state index in [0.717, 1.165) is 12.8 Å². The van der Waals surface area contributed by atoms with E-state index in [2.05, 4.69) is 12.2 Å². The molecule has 0 unspecified atom stereocenters. The van der Waals surface area contributed by atoms with Crippen molar-refractivity contribution >= 4 is 11.9 Å². The third-order valence-electron chi connectivity index (χ3n) is 6.38. The van der Waals surface area contributed by atoms with Crippen LogP contribution >= 0.6 is 0 Å². The number of ether oxygens (including phenoxy) is 1. The van der Waals surface area contributed by atoms with E-state index in [1.807, 2.05) is 0 Å². The van der Waals surface area contributed by atoms with Crippen molar-refractivity contribution in [3.63, 3.8) is 0 Å². The van der Waals surface area contributed by atoms with Gasteiger partial charge in [0.1, 0.15) is 6.61 Å². The van der Waals surface area contributed by atoms with E-state index in [1.165, 1.54) is 96.3 Å². The summed E-state index contributed by atoms with van der Waals surface area (Å²) in [5, 5.41) is 20.7. The van der Waals surface area contributed by atoms with Crippen molar-refractivity contribution in [2.75, 3.05) is 46.0 Å². The minimum absolute atomic E-state index is 0.0259. The van der Waals surface area contributed by atoms with Crippen LogP contribution in [0.4, 0.5) is 0 Å². The molecule has 0 saturated heterocycles. The SMILES string of the molecule is CCCCCCCCCCCCCCCCCCCC(=O)NCCN(CCO)CC(=O)OCCO. The van der Waals surface area contributed by atoms with Gasteiger partial charge in [0.2, 0.25) is 5.91 Å². The fourth-order valence-electron chi connectivity index (χ4n) is 4.25. The zero-order chi connectivity index (χ0) is 25.8. The van der Waals surface area contributed by atoms with Gasteiger partial charge < -0.3 is 20.3 Å². The summed E-state index contributed by atoms with van der Waals surface area (Å²) in [5.41, 5.74) is 0. The summed E-state index contributed by atoms with van der Waals surface area (Å²) in [6, 6.07) is 0. The van der Waals surface area contributed by atoms with E-state index in [0.29, 0.717) is 26.1 Å². The number of rotatable bonds is 27. The number of aliphatic hydroxyl groups excluding tert-OH is 2. The van der Waals surface area contributed by atoms with Crippen LogP contribution in [0.3, 0.4) is 0 Å². The number of hydrogen-bond donors (Lipinski definition) is 3. The standard InChI is InChI=1S/C28H56N2O5/c1-2-3-4-5-6-7-8-9-10-11-12-13-14-15-16-17-18-19-27(33)29-20-21-30(22-23-31)26-28(34)35-25-24-32/h31-32H,2-26H2,1H3,(H,29,33). The molecule has 0 bridgehead atoms. The van der Waals surface area contributed by atoms with Crippen molar-refractivity contribution in [3.05, 3.63) is 0 Å². The fraction of sp³-hybridized carbons (Fsp3) is 0.929. The molecule has 7 nitrogen and oxygen atoms in total. The lowest BCUT2D eigenvalue weighted by atomic mass is 10.0. The average molecular weight is 501 g/mol. The summed E-state index contributed by atoms with van der Waals surface area (Å²) in [4.78, 5) is 25.4. The van der Waals surface area contributed by atoms with Gasteiger partial charge in [-0.2, -0.15) is 0 Å². The Bertz CT molecular complexity index is 476. The number of carbonyl (C=O) groups is 2. The Hall–Kier alpha value is -1.18. The second-order valence-electron chi connectivity index (χ2n) is 9.70. The van der Waals surface area contributed by atoms with E-state index >= 15 is 0 Å². The van der Waals surface area contributed by atoms with Gasteiger partial charge in [-0.1, -0.05) is 110 Å². The molecule has 0 aliphatic rings. The number of aliphatic hydroxyl groups is 2. The van der Waals surface area contributed by atoms with E-state index in [-0.39, 0.29) is 32.3 Å². The van der Waals surface area contributed by atoms with Crippen molar-refractivity contribution < 1.29 is 24.5 Å². The quantitative estimate of drug-likeness (QED) is 0.109. The Morgan fingerprint density at radius 3 is 1.63 bits per heavy atom. The molecule has 1 amide bonds. The van der Waals surface area contributed by atoms with Gasteiger partial charge in [-0.25, -0.2) is 0 Å². The molecular formula is C28H56N2O5. The molecule has 7 heteroatoms. The maximum absolute atomic E-state index is 12.0. The molecule has 0 aromatic carbocycles. The van der Waals surface area contributed by atoms with Gasteiger partial charge >= 0.3 is 5.97 Å². The monoisotopic (exact) mass is 500 g/mol. The van der Waals surface area contributed by atoms with Crippen molar-refractivity contribution in [2.24, 2.45) is 0 Å². The lowest BCUT2D eigenvalue weighted by Gasteiger charge is -2.20. The Balaban J connectivity index is 3.45. The highest BCUT2D eigenvalue weighted by Gasteiger charge is 2.11. The first-order valence-corrected chi connectivity index (χ1v) is 14.5. The molecule has 0 spiro atoms. The topological polar surface area (TPSA) is 99.1 Å². The molecule has 0 heterocycles. The van der Waals surface area contributed by atoms with Crippen LogP contribution in [0.5, 0.6) is 0 Å². The third kappa shape index (κ3) is 25.7. The summed E-state index contributed by atoms with van der Waals surface area (Å²) in [6.45, 7) is 3.25. The minimum Gasteiger partial charge on any atom is -0.462 e. The van der Waals surface area contributed by atoms with Crippen molar-refractivity contribution in [2.45, 2.75) is 122 Å². The second kappa shape index (κ2) is 27.4. The highest BCUT2D eigenvalue weighted by molar-refractivity contribution is 5.75. The van der Waals surface area contributed by atoms with Crippen LogP contribution in [0.2, 0.25) is 0 Å². The van der Waals surface area contributed by atoms with Gasteiger partial charge in [-0.15, -0.1) is 0 Å². The number of amides is 1. The van der Waals surface area contributed by atoms with Crippen LogP contribution in [0, 0.1) is 0 Å². The van der Waals surface area contributed by atoms with Crippen molar-refractivity contribution in [1.82, 2.24) is 10.2 Å². The largest absolute Gasteiger partial charge is 0.462 e. The first-order valence-electron chi connectivity index (χ1n) is 14.5. The second-order valence-corrected chi connectivity index (χ2v) is 9.70. The number of hydrogen-bond acceptors (Lipinski definition) is 6. The summed E-state index contributed by atoms with van der Waals surface area (Å²) in [6.07, 6.45) is 23.1. The highest BCUT2D eigenvalue weighted by atomic mass is 16.5. The molecule has 0 radical (unpaired) electrons. The molecule has 0 saturated carbocycles. The van der Waals surface area contributed by atoms with Crippen molar-refractivity contribution in [1.29, 1.82) is 0 Å². The molecular weight excluding hydrogens is 444 g/mol. The number of unbranched alkanes of at least 4 members (excludes halogenated alkanes) is 16. The van der Waals surface area contributed by atoms with E-state index in [9.17, 15) is 9.59 Å². The van der Waals surface area contributed by atoms with Gasteiger partial charge in [-0.05, 0) is 6.42 Å². The van der Waals surface area contributed by atoms with Crippen LogP contribution < -0.4 is 5.32 Å². The van der Waals surface area contributed by atoms with Gasteiger partial charge in [0.15, 0.2) is 0 Å². The van der Waals surface area contributed by atoms with Gasteiger partial charge in [0.05, 0.1) is 19.8 Å². The summed E-state index contributed by atoms with van der Waals surface area (Å²) in [7, 11) is 0. The van der Waals surface area contributed by atoms with Crippen LogP contribution in [0.25, 0.3) is 0 Å². The van der Waals surface area contributed by atoms with E-state index < -0.39 is 5.97 Å². The predicted molar refractivity (Wildman–Crippen MR) is 143 cm³/mol. The zero-order valence-corrected chi connectivity index (χ0v) is 22.7. The Morgan fingerprint density at radius 1 is 0.686 bits per heavy atom. The van der Waals surface area contributed by atoms with Gasteiger partial charge in [0, 0.05) is 26.1 Å². The number of nitrogens with one attached hydrogen (secondary N) is 1. The molecule has 0 fully saturated rings. The lowest BCUT2D eigenvalue weighted by molar-refractivity contribution is -0.146. The molecule has 0 rings (SSSR count). The number of nitrogens with zero attached hydrogens (tertiary/aromatic N) is 1. The lowest BCUT2D eigenvalue weighted by Crippen LogP contribution is -2.39. The molecule has 35 heavy (non-hydrogen) atoms. The van der Waals surface area contributed by atoms with Crippen LogP contribution in [0.15, 0.2) is 0 Å². The maximum Gasteiger partial charge on any atom is 0.320 e. The van der Waals surface area contributed by atoms with Crippen LogP contribution in [-0.4, -0.2) is 73.0 Å². The minimum atomic E-state index is -0.442. The first-order chi connectivity index (χ1) is 17.1. The van der Waals surface area contributed by atoms with Crippen molar-refractivity contribution in [3.8, 4) is 0 Å². The smallest absolute Gasteiger partial charge is 0.320 e. The highest BCUT2D eigenvalue weighted by Crippen LogP contribution is 2.14. The fourth-order valence-corrected chi connectivity index (χ4v) is 4.25. The molecule has 0 aromatic rings. The predicted octanol–water partition coefficient (Wildman–Crippen LogP) is 4.97. The Morgan fingerprint density at radius 2 is 1.17 bits per heavy atom. The summed E-state index contributed by atoms with van der Waals surface area (Å²) < 4.78 is 4.84. The summed E-state index contributed by atoms with van der Waals surface area (Å²) in [5.74, 6) is -0.403. The first kappa shape index (κ1) is 33.8. The zero-order valence-electron chi connectivity index (χ0n) is 22.7. The number of carbonyl (C=O) groups excluding carboxylic acids is 2. The van der Waals surface area contributed by atoms with Crippen LogP contribution in [0.1, 0.15) is 122 Å². The Kier molecular flexibility index (Phi) is 26.5. The van der Waals surface area contributed by atoms with E-state index in [4.69, 9.17) is 14.9 Å². The summed E-state index contributed by atoms with van der Waals surface area (Å²) >= 11 is 0. The van der Waals surface area contributed by atoms with Crippen LogP contribution in [-0.2, 0) is 14.3 Å². The average Bonchev–Trinajstić information content (AvgIpc) is 2.84. The normalized spacial score (nSPS) is 11.2.